The van der Waals surface area contributed by atoms with Crippen LogP contribution in [0.3, 0.4) is 0 Å². The topological polar surface area (TPSA) is 88.6 Å². The Labute approximate surface area is 225 Å². The summed E-state index contributed by atoms with van der Waals surface area (Å²) in [5.74, 6) is 0.508. The largest absolute Gasteiger partial charge is 0.504 e. The fourth-order valence-corrected chi connectivity index (χ4v) is 4.07. The summed E-state index contributed by atoms with van der Waals surface area (Å²) in [6, 6.07) is 9.19. The highest BCUT2D eigenvalue weighted by atomic mass is 16.3. The van der Waals surface area contributed by atoms with E-state index in [9.17, 15) is 10.2 Å². The van der Waals surface area contributed by atoms with Crippen molar-refractivity contribution in [2.45, 2.75) is 125 Å². The number of phenolic OH excluding ortho intramolecular Hbond substituents is 2. The van der Waals surface area contributed by atoms with E-state index in [0.717, 1.165) is 59.6 Å². The molecule has 0 saturated carbocycles. The highest BCUT2D eigenvalue weighted by Crippen LogP contribution is 2.44. The Hall–Kier alpha value is -2.76. The van der Waals surface area contributed by atoms with Gasteiger partial charge in [-0.15, -0.1) is 0 Å². The van der Waals surface area contributed by atoms with Crippen LogP contribution in [0.15, 0.2) is 24.3 Å². The third kappa shape index (κ3) is 7.62. The van der Waals surface area contributed by atoms with Gasteiger partial charge in [-0.25, -0.2) is 0 Å². The van der Waals surface area contributed by atoms with Crippen molar-refractivity contribution >= 4 is 22.7 Å². The summed E-state index contributed by atoms with van der Waals surface area (Å²) < 4.78 is 0. The molecule has 0 aliphatic carbocycles. The van der Waals surface area contributed by atoms with E-state index in [2.05, 4.69) is 115 Å². The van der Waals surface area contributed by atoms with Crippen molar-refractivity contribution in [1.29, 1.82) is 0 Å². The molecule has 0 heterocycles. The molecule has 208 valence electrons. The fourth-order valence-electron chi connectivity index (χ4n) is 4.07. The molecule has 6 N–H and O–H groups in total. The van der Waals surface area contributed by atoms with Crippen molar-refractivity contribution in [2.24, 2.45) is 0 Å². The van der Waals surface area contributed by atoms with Gasteiger partial charge in [0, 0.05) is 29.6 Å². The van der Waals surface area contributed by atoms with Crippen LogP contribution in [-0.4, -0.2) is 34.4 Å². The van der Waals surface area contributed by atoms with Gasteiger partial charge >= 0.3 is 0 Å². The fraction of sp³-hybridized carbons (Fsp3) is 0.613. The highest BCUT2D eigenvalue weighted by Gasteiger charge is 2.29. The summed E-state index contributed by atoms with van der Waals surface area (Å²) in [5.41, 5.74) is 4.70. The quantitative estimate of drug-likeness (QED) is 0.143. The highest BCUT2D eigenvalue weighted by molar-refractivity contribution is 5.76. The molecule has 4 unspecified atom stereocenters. The third-order valence-electron chi connectivity index (χ3n) is 7.72. The molecule has 2 rings (SSSR count). The molecule has 2 aromatic rings. The van der Waals surface area contributed by atoms with Gasteiger partial charge in [0.1, 0.15) is 0 Å². The van der Waals surface area contributed by atoms with Crippen molar-refractivity contribution in [3.63, 3.8) is 0 Å². The van der Waals surface area contributed by atoms with Gasteiger partial charge in [-0.05, 0) is 88.8 Å². The zero-order valence-electron chi connectivity index (χ0n) is 24.8. The summed E-state index contributed by atoms with van der Waals surface area (Å²) in [6.45, 7) is 21.4. The summed E-state index contributed by atoms with van der Waals surface area (Å²) in [7, 11) is 0. The van der Waals surface area contributed by atoms with E-state index in [1.165, 1.54) is 0 Å². The molecule has 0 spiro atoms. The van der Waals surface area contributed by atoms with Crippen LogP contribution in [0.25, 0.3) is 0 Å². The van der Waals surface area contributed by atoms with Crippen molar-refractivity contribution in [1.82, 2.24) is 0 Å². The number of aromatic hydroxyl groups is 2. The SMILES string of the molecule is CCC(C)Nc1cc(C(C)(C)c2cc(NC(C)CC)c(O)c(NC(C)CC)c2)cc(NC(C)CC)c1O. The molecule has 0 bridgehead atoms. The van der Waals surface area contributed by atoms with Gasteiger partial charge in [0.15, 0.2) is 11.5 Å². The molecule has 0 aromatic heterocycles. The zero-order valence-corrected chi connectivity index (χ0v) is 24.8. The van der Waals surface area contributed by atoms with Crippen LogP contribution in [0.1, 0.15) is 106 Å². The Morgan fingerprint density at radius 1 is 0.541 bits per heavy atom. The second-order valence-electron chi connectivity index (χ2n) is 11.3. The molecule has 0 saturated heterocycles. The van der Waals surface area contributed by atoms with E-state index in [-0.39, 0.29) is 35.7 Å². The molecule has 0 radical (unpaired) electrons. The summed E-state index contributed by atoms with van der Waals surface area (Å²) in [6.07, 6.45) is 3.81. The van der Waals surface area contributed by atoms with Crippen molar-refractivity contribution in [3.05, 3.63) is 35.4 Å². The first-order chi connectivity index (χ1) is 17.4. The smallest absolute Gasteiger partial charge is 0.162 e. The standard InChI is InChI=1S/C31H52N4O2/c1-11-19(5)32-25-15-23(16-26(29(25)36)33-20(6)12-2)31(9,10)24-17-27(34-21(7)13-3)30(37)28(18-24)35-22(8)14-4/h15-22,32-37H,11-14H2,1-10H3. The monoisotopic (exact) mass is 512 g/mol. The molecule has 0 fully saturated rings. The Balaban J connectivity index is 2.71. The van der Waals surface area contributed by atoms with Crippen LogP contribution >= 0.6 is 0 Å². The van der Waals surface area contributed by atoms with Crippen molar-refractivity contribution in [3.8, 4) is 11.5 Å². The van der Waals surface area contributed by atoms with Crippen LogP contribution in [-0.2, 0) is 5.41 Å². The predicted molar refractivity (Wildman–Crippen MR) is 162 cm³/mol. The van der Waals surface area contributed by atoms with Gasteiger partial charge in [-0.3, -0.25) is 0 Å². The molecule has 0 amide bonds. The molecular weight excluding hydrogens is 460 g/mol. The number of hydrogen-bond acceptors (Lipinski definition) is 6. The summed E-state index contributed by atoms with van der Waals surface area (Å²) in [4.78, 5) is 0. The average molecular weight is 513 g/mol. The Kier molecular flexibility index (Phi) is 10.8. The number of benzene rings is 2. The zero-order chi connectivity index (χ0) is 27.9. The first-order valence-corrected chi connectivity index (χ1v) is 14.2. The second-order valence-corrected chi connectivity index (χ2v) is 11.3. The first-order valence-electron chi connectivity index (χ1n) is 14.2. The summed E-state index contributed by atoms with van der Waals surface area (Å²) in [5, 5.41) is 36.3. The minimum Gasteiger partial charge on any atom is -0.504 e. The minimum atomic E-state index is -0.406. The van der Waals surface area contributed by atoms with Gasteiger partial charge < -0.3 is 31.5 Å². The predicted octanol–water partition coefficient (Wildman–Crippen LogP) is 8.27. The number of hydrogen-bond donors (Lipinski definition) is 6. The van der Waals surface area contributed by atoms with Gasteiger partial charge in [0.25, 0.3) is 0 Å². The molecule has 4 atom stereocenters. The second kappa shape index (κ2) is 13.2. The Morgan fingerprint density at radius 3 is 0.946 bits per heavy atom. The maximum atomic E-state index is 11.1. The van der Waals surface area contributed by atoms with E-state index in [1.807, 2.05) is 0 Å². The van der Waals surface area contributed by atoms with Crippen LogP contribution in [0.4, 0.5) is 22.7 Å². The maximum Gasteiger partial charge on any atom is 0.162 e. The van der Waals surface area contributed by atoms with Crippen LogP contribution in [0.2, 0.25) is 0 Å². The van der Waals surface area contributed by atoms with Crippen LogP contribution in [0.5, 0.6) is 11.5 Å². The average Bonchev–Trinajstić information content (AvgIpc) is 2.87. The van der Waals surface area contributed by atoms with Crippen molar-refractivity contribution < 1.29 is 10.2 Å². The number of anilines is 4. The Morgan fingerprint density at radius 2 is 0.757 bits per heavy atom. The van der Waals surface area contributed by atoms with E-state index < -0.39 is 5.41 Å². The number of phenols is 2. The lowest BCUT2D eigenvalue weighted by molar-refractivity contribution is 0.476. The van der Waals surface area contributed by atoms with E-state index >= 15 is 0 Å². The molecular formula is C31H52N4O2. The van der Waals surface area contributed by atoms with Gasteiger partial charge in [0.05, 0.1) is 22.7 Å². The van der Waals surface area contributed by atoms with Crippen molar-refractivity contribution in [2.75, 3.05) is 21.3 Å². The third-order valence-corrected chi connectivity index (χ3v) is 7.72. The molecule has 2 aromatic carbocycles. The van der Waals surface area contributed by atoms with Gasteiger partial charge in [0.2, 0.25) is 0 Å². The van der Waals surface area contributed by atoms with Gasteiger partial charge in [-0.2, -0.15) is 0 Å². The number of rotatable bonds is 14. The lowest BCUT2D eigenvalue weighted by Crippen LogP contribution is -2.23. The van der Waals surface area contributed by atoms with E-state index in [1.54, 1.807) is 0 Å². The Bertz CT molecular complexity index is 875. The minimum absolute atomic E-state index is 0.229. The lowest BCUT2D eigenvalue weighted by atomic mass is 9.77. The maximum absolute atomic E-state index is 11.1. The first kappa shape index (κ1) is 30.5. The molecule has 37 heavy (non-hydrogen) atoms. The lowest BCUT2D eigenvalue weighted by Gasteiger charge is -2.31. The molecule has 0 aliphatic heterocycles. The van der Waals surface area contributed by atoms with E-state index in [0.29, 0.717) is 0 Å². The normalized spacial score (nSPS) is 15.0. The molecule has 6 nitrogen and oxygen atoms in total. The molecule has 6 heteroatoms. The molecule has 0 aliphatic rings. The number of nitrogens with one attached hydrogen (secondary N) is 4. The van der Waals surface area contributed by atoms with Crippen LogP contribution < -0.4 is 21.3 Å². The van der Waals surface area contributed by atoms with Crippen LogP contribution in [0, 0.1) is 0 Å². The van der Waals surface area contributed by atoms with Gasteiger partial charge in [-0.1, -0.05) is 41.5 Å². The van der Waals surface area contributed by atoms with E-state index in [4.69, 9.17) is 0 Å². The summed E-state index contributed by atoms with van der Waals surface area (Å²) >= 11 is 0.